The van der Waals surface area contributed by atoms with E-state index in [0.29, 0.717) is 0 Å². The highest BCUT2D eigenvalue weighted by Gasteiger charge is 2.22. The van der Waals surface area contributed by atoms with Crippen LogP contribution in [0, 0.1) is 6.92 Å². The molecule has 0 unspecified atom stereocenters. The van der Waals surface area contributed by atoms with Gasteiger partial charge in [0.25, 0.3) is 0 Å². The third-order valence-corrected chi connectivity index (χ3v) is 5.05. The lowest BCUT2D eigenvalue weighted by Gasteiger charge is -2.19. The highest BCUT2D eigenvalue weighted by molar-refractivity contribution is 7.99. The van der Waals surface area contributed by atoms with Gasteiger partial charge in [0.15, 0.2) is 5.65 Å². The molecule has 3 aromatic rings. The Morgan fingerprint density at radius 2 is 1.83 bits per heavy atom. The number of thioether (sulfide) groups is 1. The molecule has 0 saturated heterocycles. The van der Waals surface area contributed by atoms with Gasteiger partial charge in [-0.05, 0) is 36.4 Å². The van der Waals surface area contributed by atoms with E-state index in [-0.39, 0.29) is 5.41 Å². The third-order valence-electron chi connectivity index (χ3n) is 3.92. The number of nitrogens with zero attached hydrogens (tertiary/aromatic N) is 3. The SMILES string of the molecule is CCSc1cc(C(C)(C)C)nc2c(-c3ccc(Cl)cc3)c(C)nn12. The second kappa shape index (κ2) is 6.41. The fraction of sp³-hybridized carbons (Fsp3) is 0.368. The molecule has 0 saturated carbocycles. The number of aromatic nitrogens is 3. The molecule has 1 aromatic carbocycles. The highest BCUT2D eigenvalue weighted by Crippen LogP contribution is 2.33. The van der Waals surface area contributed by atoms with Crippen LogP contribution in [0.25, 0.3) is 16.8 Å². The van der Waals surface area contributed by atoms with Crippen LogP contribution in [0.5, 0.6) is 0 Å². The van der Waals surface area contributed by atoms with Gasteiger partial charge in [0.05, 0.1) is 11.4 Å². The predicted octanol–water partition coefficient (Wildman–Crippen LogP) is 5.77. The van der Waals surface area contributed by atoms with Crippen molar-refractivity contribution in [3.05, 3.63) is 46.7 Å². The Hall–Kier alpha value is -1.52. The van der Waals surface area contributed by atoms with Crippen LogP contribution in [-0.4, -0.2) is 20.4 Å². The minimum absolute atomic E-state index is 0.0136. The standard InChI is InChI=1S/C19H22ClN3S/c1-6-24-16-11-15(19(3,4)5)21-18-17(12(2)22-23(16)18)13-7-9-14(20)10-8-13/h7-11H,6H2,1-5H3. The van der Waals surface area contributed by atoms with Crippen LogP contribution in [0.15, 0.2) is 35.4 Å². The smallest absolute Gasteiger partial charge is 0.164 e. The minimum Gasteiger partial charge on any atom is -0.232 e. The van der Waals surface area contributed by atoms with Crippen molar-refractivity contribution < 1.29 is 0 Å². The number of benzene rings is 1. The van der Waals surface area contributed by atoms with Gasteiger partial charge >= 0.3 is 0 Å². The molecule has 5 heteroatoms. The molecule has 0 spiro atoms. The molecule has 2 aromatic heterocycles. The van der Waals surface area contributed by atoms with Crippen molar-refractivity contribution >= 4 is 29.0 Å². The zero-order valence-electron chi connectivity index (χ0n) is 14.7. The summed E-state index contributed by atoms with van der Waals surface area (Å²) in [6.45, 7) is 10.8. The first-order valence-corrected chi connectivity index (χ1v) is 9.47. The average molecular weight is 360 g/mol. The van der Waals surface area contributed by atoms with Gasteiger partial charge in [-0.2, -0.15) is 5.10 Å². The Balaban J connectivity index is 2.32. The first-order valence-electron chi connectivity index (χ1n) is 8.11. The zero-order chi connectivity index (χ0) is 17.5. The van der Waals surface area contributed by atoms with E-state index in [9.17, 15) is 0 Å². The number of aryl methyl sites for hydroxylation is 1. The Morgan fingerprint density at radius 3 is 2.42 bits per heavy atom. The Morgan fingerprint density at radius 1 is 1.17 bits per heavy atom. The van der Waals surface area contributed by atoms with Crippen molar-refractivity contribution in [1.82, 2.24) is 14.6 Å². The topological polar surface area (TPSA) is 30.2 Å². The van der Waals surface area contributed by atoms with E-state index in [2.05, 4.69) is 33.8 Å². The van der Waals surface area contributed by atoms with E-state index in [0.717, 1.165) is 44.0 Å². The number of halogens is 1. The molecule has 3 rings (SSSR count). The Labute approximate surface area is 152 Å². The molecule has 3 nitrogen and oxygen atoms in total. The van der Waals surface area contributed by atoms with Crippen LogP contribution in [0.4, 0.5) is 0 Å². The molecule has 2 heterocycles. The molecule has 0 aliphatic heterocycles. The molecule has 0 amide bonds. The third kappa shape index (κ3) is 3.17. The predicted molar refractivity (Wildman–Crippen MR) is 103 cm³/mol. The number of hydrogen-bond donors (Lipinski definition) is 0. The molecular formula is C19H22ClN3S. The first kappa shape index (κ1) is 17.3. The van der Waals surface area contributed by atoms with Gasteiger partial charge in [-0.15, -0.1) is 11.8 Å². The summed E-state index contributed by atoms with van der Waals surface area (Å²) < 4.78 is 1.97. The molecule has 24 heavy (non-hydrogen) atoms. The lowest BCUT2D eigenvalue weighted by atomic mass is 9.92. The van der Waals surface area contributed by atoms with Gasteiger partial charge in [0.2, 0.25) is 0 Å². The summed E-state index contributed by atoms with van der Waals surface area (Å²) in [5.41, 5.74) is 5.14. The lowest BCUT2D eigenvalue weighted by Crippen LogP contribution is -2.15. The van der Waals surface area contributed by atoms with Crippen molar-refractivity contribution in [2.75, 3.05) is 5.75 Å². The van der Waals surface area contributed by atoms with Crippen molar-refractivity contribution in [3.63, 3.8) is 0 Å². The molecule has 0 radical (unpaired) electrons. The van der Waals surface area contributed by atoms with Crippen molar-refractivity contribution in [2.45, 2.75) is 45.1 Å². The van der Waals surface area contributed by atoms with E-state index in [4.69, 9.17) is 21.7 Å². The van der Waals surface area contributed by atoms with Crippen LogP contribution in [0.3, 0.4) is 0 Å². The van der Waals surface area contributed by atoms with Crippen LogP contribution in [0.1, 0.15) is 39.1 Å². The van der Waals surface area contributed by atoms with Gasteiger partial charge in [-0.1, -0.05) is 51.4 Å². The molecule has 0 N–H and O–H groups in total. The first-order chi connectivity index (χ1) is 11.3. The van der Waals surface area contributed by atoms with E-state index < -0.39 is 0 Å². The summed E-state index contributed by atoms with van der Waals surface area (Å²) in [5, 5.41) is 6.62. The average Bonchev–Trinajstić information content (AvgIpc) is 2.84. The van der Waals surface area contributed by atoms with Gasteiger partial charge in [0, 0.05) is 16.0 Å². The van der Waals surface area contributed by atoms with Crippen molar-refractivity contribution in [2.24, 2.45) is 0 Å². The Bertz CT molecular complexity index is 876. The Kier molecular flexibility index (Phi) is 4.63. The van der Waals surface area contributed by atoms with E-state index in [1.807, 2.05) is 35.7 Å². The second-order valence-corrected chi connectivity index (χ2v) is 8.59. The van der Waals surface area contributed by atoms with Crippen molar-refractivity contribution in [1.29, 1.82) is 0 Å². The van der Waals surface area contributed by atoms with Crippen LogP contribution >= 0.6 is 23.4 Å². The summed E-state index contributed by atoms with van der Waals surface area (Å²) in [5.74, 6) is 0.998. The molecular weight excluding hydrogens is 338 g/mol. The van der Waals surface area contributed by atoms with E-state index in [1.54, 1.807) is 11.8 Å². The number of fused-ring (bicyclic) bond motifs is 1. The maximum absolute atomic E-state index is 6.04. The van der Waals surface area contributed by atoms with E-state index in [1.165, 1.54) is 0 Å². The molecule has 0 fully saturated rings. The van der Waals surface area contributed by atoms with E-state index >= 15 is 0 Å². The summed E-state index contributed by atoms with van der Waals surface area (Å²) in [6, 6.07) is 10.1. The number of rotatable bonds is 3. The van der Waals surface area contributed by atoms with Gasteiger partial charge in [0.1, 0.15) is 5.03 Å². The molecule has 0 aliphatic rings. The summed E-state index contributed by atoms with van der Waals surface area (Å²) in [6.07, 6.45) is 0. The van der Waals surface area contributed by atoms with Crippen LogP contribution in [0.2, 0.25) is 5.02 Å². The maximum Gasteiger partial charge on any atom is 0.164 e. The van der Waals surface area contributed by atoms with Gasteiger partial charge in [-0.25, -0.2) is 9.50 Å². The second-order valence-electron chi connectivity index (χ2n) is 6.87. The van der Waals surface area contributed by atoms with Crippen LogP contribution < -0.4 is 0 Å². The normalized spacial score (nSPS) is 12.1. The minimum atomic E-state index is -0.0136. The fourth-order valence-electron chi connectivity index (χ4n) is 2.69. The van der Waals surface area contributed by atoms with Crippen molar-refractivity contribution in [3.8, 4) is 11.1 Å². The lowest BCUT2D eigenvalue weighted by molar-refractivity contribution is 0.563. The monoisotopic (exact) mass is 359 g/mol. The number of hydrogen-bond acceptors (Lipinski definition) is 3. The summed E-state index contributed by atoms with van der Waals surface area (Å²) in [4.78, 5) is 4.96. The zero-order valence-corrected chi connectivity index (χ0v) is 16.3. The molecule has 0 bridgehead atoms. The summed E-state index contributed by atoms with van der Waals surface area (Å²) in [7, 11) is 0. The molecule has 0 aliphatic carbocycles. The molecule has 126 valence electrons. The fourth-order valence-corrected chi connectivity index (χ4v) is 3.55. The molecule has 0 atom stereocenters. The highest BCUT2D eigenvalue weighted by atomic mass is 35.5. The van der Waals surface area contributed by atoms with Gasteiger partial charge < -0.3 is 0 Å². The quantitative estimate of drug-likeness (QED) is 0.439. The van der Waals surface area contributed by atoms with Crippen LogP contribution in [-0.2, 0) is 5.41 Å². The summed E-state index contributed by atoms with van der Waals surface area (Å²) >= 11 is 7.84. The largest absolute Gasteiger partial charge is 0.232 e. The van der Waals surface area contributed by atoms with Gasteiger partial charge in [-0.3, -0.25) is 0 Å². The maximum atomic E-state index is 6.04.